The molecule has 0 saturated heterocycles. The molecule has 0 bridgehead atoms. The summed E-state index contributed by atoms with van der Waals surface area (Å²) in [6.07, 6.45) is 1.86. The Labute approximate surface area is 97.6 Å². The zero-order chi connectivity index (χ0) is 12.1. The minimum Gasteiger partial charge on any atom is -0.493 e. The fourth-order valence-corrected chi connectivity index (χ4v) is 1.67. The van der Waals surface area contributed by atoms with Crippen LogP contribution in [0.5, 0.6) is 11.5 Å². The van der Waals surface area contributed by atoms with Gasteiger partial charge in [-0.15, -0.1) is 0 Å². The van der Waals surface area contributed by atoms with E-state index in [1.54, 1.807) is 14.2 Å². The molecule has 0 amide bonds. The van der Waals surface area contributed by atoms with Gasteiger partial charge in [-0.3, -0.25) is 0 Å². The molecule has 0 saturated carbocycles. The van der Waals surface area contributed by atoms with Crippen LogP contribution in [0.15, 0.2) is 12.1 Å². The van der Waals surface area contributed by atoms with Crippen LogP contribution in [0, 0.1) is 6.92 Å². The number of nitrogens with two attached hydrogens (primary N) is 1. The molecule has 1 unspecified atom stereocenters. The Kier molecular flexibility index (Phi) is 4.62. The normalized spacial score (nSPS) is 12.3. The first-order chi connectivity index (χ1) is 7.62. The highest BCUT2D eigenvalue weighted by Crippen LogP contribution is 2.30. The molecule has 0 aliphatic carbocycles. The summed E-state index contributed by atoms with van der Waals surface area (Å²) in [5.41, 5.74) is 8.39. The molecule has 1 rings (SSSR count). The summed E-state index contributed by atoms with van der Waals surface area (Å²) in [5.74, 6) is 1.54. The molecule has 0 radical (unpaired) electrons. The van der Waals surface area contributed by atoms with Crippen molar-refractivity contribution in [3.8, 4) is 11.5 Å². The fourth-order valence-electron chi connectivity index (χ4n) is 1.67. The van der Waals surface area contributed by atoms with Crippen molar-refractivity contribution in [1.82, 2.24) is 0 Å². The molecule has 0 heterocycles. The summed E-state index contributed by atoms with van der Waals surface area (Å²) in [7, 11) is 3.30. The zero-order valence-electron chi connectivity index (χ0n) is 10.5. The SMILES string of the molecule is CCC(N)Cc1cc(OC)c(OC)cc1C. The van der Waals surface area contributed by atoms with Crippen LogP contribution in [-0.2, 0) is 6.42 Å². The van der Waals surface area contributed by atoms with Crippen LogP contribution < -0.4 is 15.2 Å². The first kappa shape index (κ1) is 12.8. The Morgan fingerprint density at radius 3 is 2.25 bits per heavy atom. The summed E-state index contributed by atoms with van der Waals surface area (Å²) < 4.78 is 10.5. The number of methoxy groups -OCH3 is 2. The van der Waals surface area contributed by atoms with Gasteiger partial charge in [0.15, 0.2) is 11.5 Å². The lowest BCUT2D eigenvalue weighted by Gasteiger charge is -2.15. The summed E-state index contributed by atoms with van der Waals surface area (Å²) in [6.45, 7) is 4.17. The van der Waals surface area contributed by atoms with Crippen LogP contribution in [0.1, 0.15) is 24.5 Å². The maximum absolute atomic E-state index is 5.96. The van der Waals surface area contributed by atoms with E-state index in [1.807, 2.05) is 12.1 Å². The second-order valence-corrected chi connectivity index (χ2v) is 4.01. The molecule has 1 aromatic carbocycles. The second-order valence-electron chi connectivity index (χ2n) is 4.01. The molecular formula is C13H21NO2. The third-order valence-electron chi connectivity index (χ3n) is 2.85. The molecule has 3 heteroatoms. The van der Waals surface area contributed by atoms with Gasteiger partial charge in [-0.05, 0) is 43.0 Å². The second kappa shape index (κ2) is 5.75. The molecule has 0 aromatic heterocycles. The van der Waals surface area contributed by atoms with E-state index in [9.17, 15) is 0 Å². The highest BCUT2D eigenvalue weighted by atomic mass is 16.5. The van der Waals surface area contributed by atoms with Gasteiger partial charge in [-0.25, -0.2) is 0 Å². The number of benzene rings is 1. The summed E-state index contributed by atoms with van der Waals surface area (Å²) in [5, 5.41) is 0. The maximum atomic E-state index is 5.96. The molecule has 1 atom stereocenters. The lowest BCUT2D eigenvalue weighted by molar-refractivity contribution is 0.354. The number of ether oxygens (including phenoxy) is 2. The molecule has 1 aromatic rings. The largest absolute Gasteiger partial charge is 0.493 e. The molecule has 0 aliphatic heterocycles. The van der Waals surface area contributed by atoms with Crippen LogP contribution in [0.3, 0.4) is 0 Å². The maximum Gasteiger partial charge on any atom is 0.161 e. The Bertz CT molecular complexity index is 350. The highest BCUT2D eigenvalue weighted by Gasteiger charge is 2.10. The van der Waals surface area contributed by atoms with Crippen molar-refractivity contribution in [2.45, 2.75) is 32.7 Å². The Morgan fingerprint density at radius 1 is 1.19 bits per heavy atom. The van der Waals surface area contributed by atoms with Crippen LogP contribution in [0.2, 0.25) is 0 Å². The smallest absolute Gasteiger partial charge is 0.161 e. The van der Waals surface area contributed by atoms with Gasteiger partial charge >= 0.3 is 0 Å². The molecule has 2 N–H and O–H groups in total. The number of aryl methyl sites for hydroxylation is 1. The molecule has 90 valence electrons. The van der Waals surface area contributed by atoms with Gasteiger partial charge in [0.25, 0.3) is 0 Å². The van der Waals surface area contributed by atoms with Crippen molar-refractivity contribution in [2.24, 2.45) is 5.73 Å². The van der Waals surface area contributed by atoms with Crippen molar-refractivity contribution in [1.29, 1.82) is 0 Å². The van der Waals surface area contributed by atoms with E-state index in [4.69, 9.17) is 15.2 Å². The molecule has 0 fully saturated rings. The highest BCUT2D eigenvalue weighted by molar-refractivity contribution is 5.47. The molecule has 3 nitrogen and oxygen atoms in total. The van der Waals surface area contributed by atoms with Gasteiger partial charge in [-0.2, -0.15) is 0 Å². The van der Waals surface area contributed by atoms with Gasteiger partial charge in [0, 0.05) is 6.04 Å². The minimum atomic E-state index is 0.205. The Hall–Kier alpha value is -1.22. The van der Waals surface area contributed by atoms with E-state index >= 15 is 0 Å². The van der Waals surface area contributed by atoms with Crippen molar-refractivity contribution >= 4 is 0 Å². The Balaban J connectivity index is 3.01. The number of hydrogen-bond acceptors (Lipinski definition) is 3. The minimum absolute atomic E-state index is 0.205. The standard InChI is InChI=1S/C13H21NO2/c1-5-11(14)7-10-8-13(16-4)12(15-3)6-9(10)2/h6,8,11H,5,7,14H2,1-4H3. The van der Waals surface area contributed by atoms with E-state index < -0.39 is 0 Å². The van der Waals surface area contributed by atoms with Crippen molar-refractivity contribution < 1.29 is 9.47 Å². The number of rotatable bonds is 5. The number of hydrogen-bond donors (Lipinski definition) is 1. The summed E-state index contributed by atoms with van der Waals surface area (Å²) in [6, 6.07) is 4.22. The summed E-state index contributed by atoms with van der Waals surface area (Å²) >= 11 is 0. The van der Waals surface area contributed by atoms with Gasteiger partial charge in [0.05, 0.1) is 14.2 Å². The van der Waals surface area contributed by atoms with Gasteiger partial charge < -0.3 is 15.2 Å². The third-order valence-corrected chi connectivity index (χ3v) is 2.85. The Morgan fingerprint density at radius 2 is 1.75 bits per heavy atom. The topological polar surface area (TPSA) is 44.5 Å². The first-order valence-corrected chi connectivity index (χ1v) is 5.59. The lowest BCUT2D eigenvalue weighted by Crippen LogP contribution is -2.21. The summed E-state index contributed by atoms with van der Waals surface area (Å²) in [4.78, 5) is 0. The predicted octanol–water partition coefficient (Wildman–Crippen LogP) is 2.29. The molecule has 0 spiro atoms. The van der Waals surface area contributed by atoms with E-state index in [1.165, 1.54) is 11.1 Å². The van der Waals surface area contributed by atoms with Gasteiger partial charge in [-0.1, -0.05) is 6.92 Å². The molecule has 16 heavy (non-hydrogen) atoms. The van der Waals surface area contributed by atoms with Crippen LogP contribution >= 0.6 is 0 Å². The lowest BCUT2D eigenvalue weighted by atomic mass is 9.99. The quantitative estimate of drug-likeness (QED) is 0.833. The van der Waals surface area contributed by atoms with E-state index in [2.05, 4.69) is 13.8 Å². The molecule has 0 aliphatic rings. The first-order valence-electron chi connectivity index (χ1n) is 5.59. The van der Waals surface area contributed by atoms with E-state index in [0.717, 1.165) is 24.3 Å². The average molecular weight is 223 g/mol. The van der Waals surface area contributed by atoms with Crippen LogP contribution in [-0.4, -0.2) is 20.3 Å². The van der Waals surface area contributed by atoms with Crippen molar-refractivity contribution in [3.05, 3.63) is 23.3 Å². The predicted molar refractivity (Wildman–Crippen MR) is 66.3 cm³/mol. The van der Waals surface area contributed by atoms with Crippen molar-refractivity contribution in [3.63, 3.8) is 0 Å². The third kappa shape index (κ3) is 2.89. The average Bonchev–Trinajstić information content (AvgIpc) is 2.30. The fraction of sp³-hybridized carbons (Fsp3) is 0.538. The monoisotopic (exact) mass is 223 g/mol. The van der Waals surface area contributed by atoms with Crippen molar-refractivity contribution in [2.75, 3.05) is 14.2 Å². The van der Waals surface area contributed by atoms with E-state index in [-0.39, 0.29) is 6.04 Å². The van der Waals surface area contributed by atoms with E-state index in [0.29, 0.717) is 0 Å². The van der Waals surface area contributed by atoms with Crippen LogP contribution in [0.4, 0.5) is 0 Å². The molecular weight excluding hydrogens is 202 g/mol. The zero-order valence-corrected chi connectivity index (χ0v) is 10.5. The van der Waals surface area contributed by atoms with Gasteiger partial charge in [0.1, 0.15) is 0 Å². The van der Waals surface area contributed by atoms with Gasteiger partial charge in [0.2, 0.25) is 0 Å². The van der Waals surface area contributed by atoms with Crippen LogP contribution in [0.25, 0.3) is 0 Å².